The highest BCUT2D eigenvalue weighted by Gasteiger charge is 2.18. The highest BCUT2D eigenvalue weighted by Crippen LogP contribution is 2.25. The van der Waals surface area contributed by atoms with E-state index in [9.17, 15) is 9.59 Å². The zero-order chi connectivity index (χ0) is 19.6. The molecule has 0 atom stereocenters. The Bertz CT molecular complexity index is 769. The largest absolute Gasteiger partial charge is 0.495 e. The zero-order valence-electron chi connectivity index (χ0n) is 15.5. The number of amides is 2. The van der Waals surface area contributed by atoms with Crippen LogP contribution in [0, 0.1) is 0 Å². The third-order valence-corrected chi connectivity index (χ3v) is 5.56. The van der Waals surface area contributed by atoms with Crippen LogP contribution >= 0.6 is 23.1 Å². The van der Waals surface area contributed by atoms with E-state index in [0.29, 0.717) is 27.5 Å². The molecule has 0 saturated heterocycles. The van der Waals surface area contributed by atoms with Crippen molar-refractivity contribution in [3.63, 3.8) is 0 Å². The Hall–Kier alpha value is -2.33. The number of carbonyl (C=O) groups excluding carboxylic acids is 2. The number of hydrogen-bond donors (Lipinski definition) is 2. The lowest BCUT2D eigenvalue weighted by Gasteiger charge is -2.21. The van der Waals surface area contributed by atoms with E-state index in [1.807, 2.05) is 19.1 Å². The van der Waals surface area contributed by atoms with Crippen LogP contribution in [0.5, 0.6) is 5.75 Å². The van der Waals surface area contributed by atoms with Gasteiger partial charge < -0.3 is 20.3 Å². The lowest BCUT2D eigenvalue weighted by Crippen LogP contribution is -2.39. The lowest BCUT2D eigenvalue weighted by molar-refractivity contribution is -0.132. The summed E-state index contributed by atoms with van der Waals surface area (Å²) in [6.07, 6.45) is 0.765. The van der Waals surface area contributed by atoms with Gasteiger partial charge in [-0.1, -0.05) is 42.2 Å². The Labute approximate surface area is 166 Å². The van der Waals surface area contributed by atoms with E-state index in [-0.39, 0.29) is 24.1 Å². The van der Waals surface area contributed by atoms with Crippen molar-refractivity contribution in [3.8, 4) is 5.75 Å². The molecule has 10 heteroatoms. The summed E-state index contributed by atoms with van der Waals surface area (Å²) in [5.74, 6) is 0.407. The van der Waals surface area contributed by atoms with E-state index < -0.39 is 0 Å². The normalized spacial score (nSPS) is 10.3. The van der Waals surface area contributed by atoms with Crippen molar-refractivity contribution in [2.45, 2.75) is 17.7 Å². The fraction of sp³-hybridized carbons (Fsp3) is 0.412. The molecule has 2 rings (SSSR count). The maximum atomic E-state index is 12.5. The molecule has 0 saturated carbocycles. The second kappa shape index (κ2) is 10.7. The molecule has 8 nitrogen and oxygen atoms in total. The van der Waals surface area contributed by atoms with Gasteiger partial charge in [0.2, 0.25) is 16.9 Å². The fourth-order valence-electron chi connectivity index (χ4n) is 2.26. The monoisotopic (exact) mass is 409 g/mol. The molecule has 0 bridgehead atoms. The molecule has 0 aliphatic heterocycles. The summed E-state index contributed by atoms with van der Waals surface area (Å²) >= 11 is 2.70. The molecule has 0 fully saturated rings. The number of para-hydroxylation sites is 2. The first-order valence-electron chi connectivity index (χ1n) is 8.42. The van der Waals surface area contributed by atoms with Crippen molar-refractivity contribution in [3.05, 3.63) is 24.3 Å². The van der Waals surface area contributed by atoms with Gasteiger partial charge in [-0.3, -0.25) is 9.59 Å². The van der Waals surface area contributed by atoms with Gasteiger partial charge in [0.25, 0.3) is 0 Å². The highest BCUT2D eigenvalue weighted by atomic mass is 32.2. The Balaban J connectivity index is 1.92. The van der Waals surface area contributed by atoms with Crippen LogP contribution in [0.25, 0.3) is 0 Å². The maximum absolute atomic E-state index is 12.5. The topological polar surface area (TPSA) is 96.5 Å². The molecular formula is C17H23N5O3S2. The minimum atomic E-state index is -0.264. The number of aromatic nitrogens is 2. The predicted molar refractivity (Wildman–Crippen MR) is 109 cm³/mol. The minimum absolute atomic E-state index is 0.0107. The van der Waals surface area contributed by atoms with E-state index in [0.717, 1.165) is 6.42 Å². The average Bonchev–Trinajstić information content (AvgIpc) is 3.14. The first-order chi connectivity index (χ1) is 13.1. The van der Waals surface area contributed by atoms with Crippen LogP contribution in [0.2, 0.25) is 0 Å². The summed E-state index contributed by atoms with van der Waals surface area (Å²) in [5.41, 5.74) is 0.580. The minimum Gasteiger partial charge on any atom is -0.495 e. The standard InChI is InChI=1S/C17H23N5O3S2/c1-4-9-22(15(24)11-26-17-21-20-16(18-2)27-17)10-14(23)19-12-7-5-6-8-13(12)25-3/h5-8H,4,9-11H2,1-3H3,(H,18,20)(H,19,23). The predicted octanol–water partition coefficient (Wildman–Crippen LogP) is 2.56. The smallest absolute Gasteiger partial charge is 0.244 e. The second-order valence-corrected chi connectivity index (χ2v) is 7.68. The molecule has 1 aromatic heterocycles. The quantitative estimate of drug-likeness (QED) is 0.582. The molecular weight excluding hydrogens is 386 g/mol. The number of thioether (sulfide) groups is 1. The van der Waals surface area contributed by atoms with Crippen LogP contribution in [0.3, 0.4) is 0 Å². The SMILES string of the molecule is CCCN(CC(=O)Nc1ccccc1OC)C(=O)CSc1nnc(NC)s1. The third-order valence-electron chi connectivity index (χ3n) is 3.50. The van der Waals surface area contributed by atoms with Crippen LogP contribution in [-0.2, 0) is 9.59 Å². The van der Waals surface area contributed by atoms with Crippen molar-refractivity contribution in [2.24, 2.45) is 0 Å². The molecule has 27 heavy (non-hydrogen) atoms. The first-order valence-corrected chi connectivity index (χ1v) is 10.2. The third kappa shape index (κ3) is 6.40. The van der Waals surface area contributed by atoms with E-state index in [4.69, 9.17) is 4.74 Å². The molecule has 0 aliphatic carbocycles. The number of carbonyl (C=O) groups is 2. The number of anilines is 2. The van der Waals surface area contributed by atoms with E-state index >= 15 is 0 Å². The first kappa shape index (κ1) is 21.0. The number of benzene rings is 1. The summed E-state index contributed by atoms with van der Waals surface area (Å²) in [4.78, 5) is 26.5. The number of nitrogens with one attached hydrogen (secondary N) is 2. The number of ether oxygens (including phenoxy) is 1. The molecule has 1 heterocycles. The maximum Gasteiger partial charge on any atom is 0.244 e. The van der Waals surface area contributed by atoms with Crippen LogP contribution in [-0.4, -0.2) is 59.9 Å². The molecule has 2 amide bonds. The van der Waals surface area contributed by atoms with Crippen LogP contribution in [0.15, 0.2) is 28.6 Å². The van der Waals surface area contributed by atoms with Crippen LogP contribution in [0.4, 0.5) is 10.8 Å². The van der Waals surface area contributed by atoms with Gasteiger partial charge in [0.1, 0.15) is 5.75 Å². The number of nitrogens with zero attached hydrogens (tertiary/aromatic N) is 3. The summed E-state index contributed by atoms with van der Waals surface area (Å²) in [7, 11) is 3.31. The molecule has 146 valence electrons. The van der Waals surface area contributed by atoms with E-state index in [2.05, 4.69) is 20.8 Å². The summed E-state index contributed by atoms with van der Waals surface area (Å²) in [6, 6.07) is 7.16. The van der Waals surface area contributed by atoms with Crippen LogP contribution in [0.1, 0.15) is 13.3 Å². The van der Waals surface area contributed by atoms with Crippen molar-refractivity contribution >= 4 is 45.7 Å². The van der Waals surface area contributed by atoms with Gasteiger partial charge in [-0.2, -0.15) is 0 Å². The summed E-state index contributed by atoms with van der Waals surface area (Å²) < 4.78 is 5.94. The van der Waals surface area contributed by atoms with Crippen molar-refractivity contribution < 1.29 is 14.3 Å². The highest BCUT2D eigenvalue weighted by molar-refractivity contribution is 8.01. The number of methoxy groups -OCH3 is 1. The van der Waals surface area contributed by atoms with Crippen molar-refractivity contribution in [2.75, 3.05) is 43.6 Å². The Morgan fingerprint density at radius 2 is 2.07 bits per heavy atom. The lowest BCUT2D eigenvalue weighted by atomic mass is 10.3. The summed E-state index contributed by atoms with van der Waals surface area (Å²) in [5, 5.41) is 14.4. The second-order valence-electron chi connectivity index (χ2n) is 5.48. The Kier molecular flexibility index (Phi) is 8.34. The van der Waals surface area contributed by atoms with Gasteiger partial charge in [0.05, 0.1) is 25.1 Å². The van der Waals surface area contributed by atoms with Gasteiger partial charge in [-0.05, 0) is 18.6 Å². The number of rotatable bonds is 10. The van der Waals surface area contributed by atoms with Gasteiger partial charge in [0, 0.05) is 13.6 Å². The summed E-state index contributed by atoms with van der Waals surface area (Å²) in [6.45, 7) is 2.47. The molecule has 0 radical (unpaired) electrons. The van der Waals surface area contributed by atoms with Crippen molar-refractivity contribution in [1.29, 1.82) is 0 Å². The molecule has 1 aromatic carbocycles. The van der Waals surface area contributed by atoms with Gasteiger partial charge in [-0.25, -0.2) is 0 Å². The number of hydrogen-bond acceptors (Lipinski definition) is 8. The van der Waals surface area contributed by atoms with Gasteiger partial charge in [0.15, 0.2) is 4.34 Å². The van der Waals surface area contributed by atoms with Gasteiger partial charge in [-0.15, -0.1) is 10.2 Å². The fourth-order valence-corrected chi connectivity index (χ4v) is 3.86. The van der Waals surface area contributed by atoms with E-state index in [1.54, 1.807) is 31.2 Å². The Morgan fingerprint density at radius 3 is 2.74 bits per heavy atom. The van der Waals surface area contributed by atoms with Gasteiger partial charge >= 0.3 is 0 Å². The van der Waals surface area contributed by atoms with Crippen molar-refractivity contribution in [1.82, 2.24) is 15.1 Å². The van der Waals surface area contributed by atoms with Crippen LogP contribution < -0.4 is 15.4 Å². The Morgan fingerprint density at radius 1 is 1.30 bits per heavy atom. The zero-order valence-corrected chi connectivity index (χ0v) is 17.2. The molecule has 0 unspecified atom stereocenters. The van der Waals surface area contributed by atoms with E-state index in [1.165, 1.54) is 23.1 Å². The average molecular weight is 410 g/mol. The molecule has 2 aromatic rings. The molecule has 0 spiro atoms. The molecule has 2 N–H and O–H groups in total. The molecule has 0 aliphatic rings.